The number of hydrogen-bond acceptors (Lipinski definition) is 3. The topological polar surface area (TPSA) is 34.1 Å². The second-order valence-corrected chi connectivity index (χ2v) is 4.10. The Labute approximate surface area is 108 Å². The SMILES string of the molecule is CCOc1ccc(NCc2ccccc2C)cn1. The Morgan fingerprint density at radius 2 is 2.00 bits per heavy atom. The zero-order valence-electron chi connectivity index (χ0n) is 10.8. The maximum atomic E-state index is 5.30. The van der Waals surface area contributed by atoms with Crippen LogP contribution < -0.4 is 10.1 Å². The van der Waals surface area contributed by atoms with E-state index < -0.39 is 0 Å². The molecule has 0 aliphatic rings. The molecule has 0 aliphatic carbocycles. The molecule has 0 saturated carbocycles. The highest BCUT2D eigenvalue weighted by atomic mass is 16.5. The lowest BCUT2D eigenvalue weighted by Gasteiger charge is -2.09. The number of aromatic nitrogens is 1. The van der Waals surface area contributed by atoms with Gasteiger partial charge in [-0.1, -0.05) is 24.3 Å². The summed E-state index contributed by atoms with van der Waals surface area (Å²) in [6, 6.07) is 12.2. The van der Waals surface area contributed by atoms with Gasteiger partial charge in [0.2, 0.25) is 5.88 Å². The maximum Gasteiger partial charge on any atom is 0.213 e. The number of pyridine rings is 1. The molecular weight excluding hydrogens is 224 g/mol. The highest BCUT2D eigenvalue weighted by Crippen LogP contribution is 2.14. The van der Waals surface area contributed by atoms with Gasteiger partial charge in [0.05, 0.1) is 18.5 Å². The first kappa shape index (κ1) is 12.4. The quantitative estimate of drug-likeness (QED) is 0.872. The molecule has 1 aromatic carbocycles. The van der Waals surface area contributed by atoms with Crippen molar-refractivity contribution in [2.24, 2.45) is 0 Å². The monoisotopic (exact) mass is 242 g/mol. The molecule has 1 heterocycles. The standard InChI is InChI=1S/C15H18N2O/c1-3-18-15-9-8-14(11-17-15)16-10-13-7-5-4-6-12(13)2/h4-9,11,16H,3,10H2,1-2H3. The van der Waals surface area contributed by atoms with E-state index in [0.29, 0.717) is 12.5 Å². The van der Waals surface area contributed by atoms with Crippen LogP contribution in [-0.4, -0.2) is 11.6 Å². The van der Waals surface area contributed by atoms with Crippen LogP contribution in [0, 0.1) is 6.92 Å². The van der Waals surface area contributed by atoms with Gasteiger partial charge in [0, 0.05) is 12.6 Å². The zero-order chi connectivity index (χ0) is 12.8. The van der Waals surface area contributed by atoms with Crippen molar-refractivity contribution in [1.82, 2.24) is 4.98 Å². The molecule has 2 rings (SSSR count). The lowest BCUT2D eigenvalue weighted by Crippen LogP contribution is -2.02. The molecule has 0 atom stereocenters. The molecule has 0 bridgehead atoms. The van der Waals surface area contributed by atoms with Gasteiger partial charge in [-0.15, -0.1) is 0 Å². The van der Waals surface area contributed by atoms with Gasteiger partial charge in [-0.2, -0.15) is 0 Å². The molecule has 3 heteroatoms. The molecule has 0 amide bonds. The smallest absolute Gasteiger partial charge is 0.213 e. The molecule has 0 aliphatic heterocycles. The van der Waals surface area contributed by atoms with Crippen molar-refractivity contribution in [3.63, 3.8) is 0 Å². The summed E-state index contributed by atoms with van der Waals surface area (Å²) >= 11 is 0. The van der Waals surface area contributed by atoms with E-state index in [-0.39, 0.29) is 0 Å². The molecule has 0 radical (unpaired) electrons. The van der Waals surface area contributed by atoms with Crippen LogP contribution >= 0.6 is 0 Å². The van der Waals surface area contributed by atoms with Crippen molar-refractivity contribution in [3.8, 4) is 5.88 Å². The highest BCUT2D eigenvalue weighted by Gasteiger charge is 1.98. The number of ether oxygens (including phenoxy) is 1. The summed E-state index contributed by atoms with van der Waals surface area (Å²) in [5, 5.41) is 3.35. The molecule has 2 aromatic rings. The van der Waals surface area contributed by atoms with Crippen LogP contribution in [0.25, 0.3) is 0 Å². The fourth-order valence-electron chi connectivity index (χ4n) is 1.72. The normalized spacial score (nSPS) is 10.1. The number of nitrogens with one attached hydrogen (secondary N) is 1. The average molecular weight is 242 g/mol. The second kappa shape index (κ2) is 6.05. The van der Waals surface area contributed by atoms with Crippen LogP contribution in [0.4, 0.5) is 5.69 Å². The van der Waals surface area contributed by atoms with Crippen molar-refractivity contribution in [2.45, 2.75) is 20.4 Å². The van der Waals surface area contributed by atoms with Crippen LogP contribution in [0.2, 0.25) is 0 Å². The molecular formula is C15H18N2O. The summed E-state index contributed by atoms with van der Waals surface area (Å²) in [5.74, 6) is 0.666. The summed E-state index contributed by atoms with van der Waals surface area (Å²) in [6.45, 7) is 5.52. The van der Waals surface area contributed by atoms with Crippen LogP contribution in [-0.2, 0) is 6.54 Å². The van der Waals surface area contributed by atoms with Crippen molar-refractivity contribution >= 4 is 5.69 Å². The van der Waals surface area contributed by atoms with Crippen LogP contribution in [0.15, 0.2) is 42.6 Å². The van der Waals surface area contributed by atoms with Gasteiger partial charge in [0.1, 0.15) is 0 Å². The second-order valence-electron chi connectivity index (χ2n) is 4.10. The van der Waals surface area contributed by atoms with Crippen molar-refractivity contribution < 1.29 is 4.74 Å². The molecule has 1 aromatic heterocycles. The number of rotatable bonds is 5. The molecule has 18 heavy (non-hydrogen) atoms. The lowest BCUT2D eigenvalue weighted by molar-refractivity contribution is 0.327. The highest BCUT2D eigenvalue weighted by molar-refractivity contribution is 5.43. The van der Waals surface area contributed by atoms with Gasteiger partial charge in [0.15, 0.2) is 0 Å². The third-order valence-electron chi connectivity index (χ3n) is 2.77. The van der Waals surface area contributed by atoms with E-state index in [9.17, 15) is 0 Å². The Morgan fingerprint density at radius 3 is 2.67 bits per heavy atom. The van der Waals surface area contributed by atoms with Gasteiger partial charge in [-0.05, 0) is 31.0 Å². The molecule has 0 unspecified atom stereocenters. The van der Waals surface area contributed by atoms with Gasteiger partial charge < -0.3 is 10.1 Å². The minimum atomic E-state index is 0.642. The van der Waals surface area contributed by atoms with E-state index >= 15 is 0 Å². The van der Waals surface area contributed by atoms with Gasteiger partial charge >= 0.3 is 0 Å². The molecule has 94 valence electrons. The Balaban J connectivity index is 1.96. The summed E-state index contributed by atoms with van der Waals surface area (Å²) in [5.41, 5.74) is 3.59. The van der Waals surface area contributed by atoms with E-state index in [1.807, 2.05) is 19.1 Å². The molecule has 3 nitrogen and oxygen atoms in total. The van der Waals surface area contributed by atoms with Gasteiger partial charge in [-0.25, -0.2) is 4.98 Å². The van der Waals surface area contributed by atoms with E-state index in [4.69, 9.17) is 4.74 Å². The zero-order valence-corrected chi connectivity index (χ0v) is 10.8. The van der Waals surface area contributed by atoms with Crippen LogP contribution in [0.5, 0.6) is 5.88 Å². The van der Waals surface area contributed by atoms with E-state index in [1.165, 1.54) is 11.1 Å². The number of anilines is 1. The third-order valence-corrected chi connectivity index (χ3v) is 2.77. The molecule has 0 saturated heterocycles. The average Bonchev–Trinajstić information content (AvgIpc) is 2.40. The van der Waals surface area contributed by atoms with Crippen molar-refractivity contribution in [3.05, 3.63) is 53.7 Å². The fraction of sp³-hybridized carbons (Fsp3) is 0.267. The third kappa shape index (κ3) is 3.23. The molecule has 1 N–H and O–H groups in total. The largest absolute Gasteiger partial charge is 0.478 e. The predicted octanol–water partition coefficient (Wildman–Crippen LogP) is 3.40. The van der Waals surface area contributed by atoms with E-state index in [1.54, 1.807) is 6.20 Å². The van der Waals surface area contributed by atoms with E-state index in [2.05, 4.69) is 41.5 Å². The summed E-state index contributed by atoms with van der Waals surface area (Å²) in [4.78, 5) is 4.22. The predicted molar refractivity (Wildman–Crippen MR) is 73.9 cm³/mol. The first-order chi connectivity index (χ1) is 8.79. The number of benzene rings is 1. The fourth-order valence-corrected chi connectivity index (χ4v) is 1.72. The minimum Gasteiger partial charge on any atom is -0.478 e. The Bertz CT molecular complexity index is 494. The van der Waals surface area contributed by atoms with Crippen LogP contribution in [0.3, 0.4) is 0 Å². The summed E-state index contributed by atoms with van der Waals surface area (Å²) < 4.78 is 5.30. The van der Waals surface area contributed by atoms with E-state index in [0.717, 1.165) is 12.2 Å². The van der Waals surface area contributed by atoms with Crippen molar-refractivity contribution in [1.29, 1.82) is 0 Å². The number of hydrogen-bond donors (Lipinski definition) is 1. The summed E-state index contributed by atoms with van der Waals surface area (Å²) in [6.07, 6.45) is 1.79. The van der Waals surface area contributed by atoms with Gasteiger partial charge in [-0.3, -0.25) is 0 Å². The first-order valence-electron chi connectivity index (χ1n) is 6.17. The van der Waals surface area contributed by atoms with Crippen LogP contribution in [0.1, 0.15) is 18.1 Å². The first-order valence-corrected chi connectivity index (χ1v) is 6.17. The molecule has 0 fully saturated rings. The van der Waals surface area contributed by atoms with Gasteiger partial charge in [0.25, 0.3) is 0 Å². The Kier molecular flexibility index (Phi) is 4.18. The number of nitrogens with zero attached hydrogens (tertiary/aromatic N) is 1. The van der Waals surface area contributed by atoms with Crippen molar-refractivity contribution in [2.75, 3.05) is 11.9 Å². The maximum absolute atomic E-state index is 5.30. The Hall–Kier alpha value is -2.03. The lowest BCUT2D eigenvalue weighted by atomic mass is 10.1. The number of aryl methyl sites for hydroxylation is 1. The summed E-state index contributed by atoms with van der Waals surface area (Å²) in [7, 11) is 0. The minimum absolute atomic E-state index is 0.642. The molecule has 0 spiro atoms. The Morgan fingerprint density at radius 1 is 1.17 bits per heavy atom.